The molecule has 4 heteroatoms. The van der Waals surface area contributed by atoms with Crippen molar-refractivity contribution in [3.8, 4) is 5.75 Å². The first-order valence-electron chi connectivity index (χ1n) is 6.95. The van der Waals surface area contributed by atoms with E-state index in [-0.39, 0.29) is 0 Å². The Kier molecular flexibility index (Phi) is 4.44. The van der Waals surface area contributed by atoms with Gasteiger partial charge in [-0.05, 0) is 58.6 Å². The van der Waals surface area contributed by atoms with Crippen molar-refractivity contribution in [1.82, 2.24) is 5.32 Å². The maximum atomic E-state index is 5.55. The number of rotatable bonds is 5. The fraction of sp³-hybridized carbons (Fsp3) is 0.375. The monoisotopic (exact) mass is 351 g/mol. The zero-order chi connectivity index (χ0) is 13.9. The van der Waals surface area contributed by atoms with E-state index in [9.17, 15) is 0 Å². The van der Waals surface area contributed by atoms with Gasteiger partial charge >= 0.3 is 0 Å². The Morgan fingerprint density at radius 1 is 1.35 bits per heavy atom. The molecule has 0 radical (unpaired) electrons. The molecule has 106 valence electrons. The summed E-state index contributed by atoms with van der Waals surface area (Å²) in [7, 11) is 0. The Hall–Kier alpha value is -0.840. The molecule has 1 N–H and O–H groups in total. The Balaban J connectivity index is 1.55. The maximum Gasteiger partial charge on any atom is 0.122 e. The van der Waals surface area contributed by atoms with Crippen LogP contribution < -0.4 is 10.1 Å². The average Bonchev–Trinajstić information content (AvgIpc) is 3.06. The van der Waals surface area contributed by atoms with E-state index >= 15 is 0 Å². The molecule has 2 aromatic rings. The molecular formula is C16H18BrNOS. The van der Waals surface area contributed by atoms with Crippen LogP contribution in [0.25, 0.3) is 0 Å². The molecule has 0 spiro atoms. The number of fused-ring (bicyclic) bond motifs is 1. The third-order valence-corrected chi connectivity index (χ3v) is 5.35. The van der Waals surface area contributed by atoms with Crippen molar-refractivity contribution in [1.29, 1.82) is 0 Å². The normalized spacial score (nSPS) is 14.9. The lowest BCUT2D eigenvalue weighted by Crippen LogP contribution is -2.21. The SMILES string of the molecule is CC(NCCc1ccc(Br)s1)c1ccc2c(c1)CCO2. The standard InChI is InChI=1S/C16H18BrNOS/c1-11(18-8-6-14-3-5-16(17)20-14)12-2-4-15-13(10-12)7-9-19-15/h2-5,10-11,18H,6-9H2,1H3. The summed E-state index contributed by atoms with van der Waals surface area (Å²) < 4.78 is 6.76. The van der Waals surface area contributed by atoms with E-state index in [0.717, 1.165) is 31.7 Å². The van der Waals surface area contributed by atoms with Gasteiger partial charge < -0.3 is 10.1 Å². The second kappa shape index (κ2) is 6.29. The Morgan fingerprint density at radius 3 is 3.05 bits per heavy atom. The lowest BCUT2D eigenvalue weighted by Gasteiger charge is -2.15. The van der Waals surface area contributed by atoms with Crippen molar-refractivity contribution in [3.05, 3.63) is 50.1 Å². The summed E-state index contributed by atoms with van der Waals surface area (Å²) in [4.78, 5) is 1.42. The summed E-state index contributed by atoms with van der Waals surface area (Å²) in [5.41, 5.74) is 2.69. The fourth-order valence-electron chi connectivity index (χ4n) is 2.49. The number of hydrogen-bond donors (Lipinski definition) is 1. The molecule has 2 nitrogen and oxygen atoms in total. The van der Waals surface area contributed by atoms with Crippen LogP contribution >= 0.6 is 27.3 Å². The van der Waals surface area contributed by atoms with Crippen LogP contribution in [-0.2, 0) is 12.8 Å². The van der Waals surface area contributed by atoms with E-state index in [1.54, 1.807) is 0 Å². The lowest BCUT2D eigenvalue weighted by molar-refractivity contribution is 0.356. The number of halogens is 1. The molecule has 0 saturated heterocycles. The molecule has 3 rings (SSSR count). The van der Waals surface area contributed by atoms with Gasteiger partial charge in [0.1, 0.15) is 5.75 Å². The quantitative estimate of drug-likeness (QED) is 0.864. The van der Waals surface area contributed by atoms with Crippen LogP contribution in [0.2, 0.25) is 0 Å². The fourth-order valence-corrected chi connectivity index (χ4v) is 3.97. The molecule has 0 fully saturated rings. The van der Waals surface area contributed by atoms with Gasteiger partial charge in [-0.25, -0.2) is 0 Å². The highest BCUT2D eigenvalue weighted by Gasteiger charge is 2.14. The van der Waals surface area contributed by atoms with E-state index in [1.807, 2.05) is 11.3 Å². The van der Waals surface area contributed by atoms with Crippen LogP contribution in [0.1, 0.15) is 29.0 Å². The first-order valence-corrected chi connectivity index (χ1v) is 8.56. The van der Waals surface area contributed by atoms with Crippen LogP contribution in [-0.4, -0.2) is 13.2 Å². The molecule has 1 aliphatic heterocycles. The summed E-state index contributed by atoms with van der Waals surface area (Å²) in [5.74, 6) is 1.06. The van der Waals surface area contributed by atoms with Gasteiger partial charge in [0.05, 0.1) is 10.4 Å². The Bertz CT molecular complexity index is 596. The van der Waals surface area contributed by atoms with Crippen LogP contribution in [0.15, 0.2) is 34.1 Å². The maximum absolute atomic E-state index is 5.55. The highest BCUT2D eigenvalue weighted by Crippen LogP contribution is 2.28. The summed E-state index contributed by atoms with van der Waals surface area (Å²) >= 11 is 5.32. The van der Waals surface area contributed by atoms with Crippen molar-refractivity contribution in [2.75, 3.05) is 13.2 Å². The molecule has 2 heterocycles. The summed E-state index contributed by atoms with van der Waals surface area (Å²) in [6, 6.07) is 11.2. The Morgan fingerprint density at radius 2 is 2.25 bits per heavy atom. The molecule has 1 atom stereocenters. The van der Waals surface area contributed by atoms with E-state index < -0.39 is 0 Å². The van der Waals surface area contributed by atoms with Crippen LogP contribution in [0.3, 0.4) is 0 Å². The van der Waals surface area contributed by atoms with Gasteiger partial charge in [0, 0.05) is 23.9 Å². The second-order valence-corrected chi connectivity index (χ2v) is 7.64. The van der Waals surface area contributed by atoms with Crippen molar-refractivity contribution < 1.29 is 4.74 Å². The number of thiophene rings is 1. The van der Waals surface area contributed by atoms with Gasteiger partial charge in [-0.2, -0.15) is 0 Å². The number of ether oxygens (including phenoxy) is 1. The van der Waals surface area contributed by atoms with E-state index in [1.165, 1.54) is 19.8 Å². The Labute approximate surface area is 132 Å². The first kappa shape index (κ1) is 14.1. The molecule has 1 unspecified atom stereocenters. The highest BCUT2D eigenvalue weighted by atomic mass is 79.9. The molecule has 1 aromatic carbocycles. The molecule has 0 amide bonds. The zero-order valence-corrected chi connectivity index (χ0v) is 13.9. The van der Waals surface area contributed by atoms with Crippen molar-refractivity contribution in [3.63, 3.8) is 0 Å². The lowest BCUT2D eigenvalue weighted by atomic mass is 10.0. The van der Waals surface area contributed by atoms with Crippen LogP contribution in [0.5, 0.6) is 5.75 Å². The molecule has 20 heavy (non-hydrogen) atoms. The van der Waals surface area contributed by atoms with E-state index in [2.05, 4.69) is 58.5 Å². The molecule has 0 aliphatic carbocycles. The van der Waals surface area contributed by atoms with Gasteiger partial charge in [-0.1, -0.05) is 12.1 Å². The molecule has 1 aliphatic rings. The van der Waals surface area contributed by atoms with Gasteiger partial charge in [0.15, 0.2) is 0 Å². The van der Waals surface area contributed by atoms with E-state index in [0.29, 0.717) is 6.04 Å². The van der Waals surface area contributed by atoms with Crippen molar-refractivity contribution >= 4 is 27.3 Å². The predicted octanol–water partition coefficient (Wildman–Crippen LogP) is 4.34. The third-order valence-electron chi connectivity index (χ3n) is 3.66. The van der Waals surface area contributed by atoms with Gasteiger partial charge in [-0.3, -0.25) is 0 Å². The van der Waals surface area contributed by atoms with Crippen molar-refractivity contribution in [2.24, 2.45) is 0 Å². The summed E-state index contributed by atoms with van der Waals surface area (Å²) in [6.07, 6.45) is 2.12. The van der Waals surface area contributed by atoms with Gasteiger partial charge in [0.25, 0.3) is 0 Å². The first-order chi connectivity index (χ1) is 9.72. The summed E-state index contributed by atoms with van der Waals surface area (Å²) in [5, 5.41) is 3.60. The second-order valence-electron chi connectivity index (χ2n) is 5.10. The van der Waals surface area contributed by atoms with Gasteiger partial charge in [0.2, 0.25) is 0 Å². The number of nitrogens with one attached hydrogen (secondary N) is 1. The molecule has 1 aromatic heterocycles. The number of benzene rings is 1. The highest BCUT2D eigenvalue weighted by molar-refractivity contribution is 9.11. The average molecular weight is 352 g/mol. The van der Waals surface area contributed by atoms with Crippen LogP contribution in [0, 0.1) is 0 Å². The minimum absolute atomic E-state index is 0.379. The zero-order valence-electron chi connectivity index (χ0n) is 11.5. The topological polar surface area (TPSA) is 21.3 Å². The van der Waals surface area contributed by atoms with Gasteiger partial charge in [-0.15, -0.1) is 11.3 Å². The minimum atomic E-state index is 0.379. The predicted molar refractivity (Wildman–Crippen MR) is 87.8 cm³/mol. The number of hydrogen-bond acceptors (Lipinski definition) is 3. The van der Waals surface area contributed by atoms with E-state index in [4.69, 9.17) is 4.74 Å². The minimum Gasteiger partial charge on any atom is -0.493 e. The largest absolute Gasteiger partial charge is 0.493 e. The third kappa shape index (κ3) is 3.25. The smallest absolute Gasteiger partial charge is 0.122 e. The molecular weight excluding hydrogens is 334 g/mol. The molecule has 0 saturated carbocycles. The summed E-state index contributed by atoms with van der Waals surface area (Å²) in [6.45, 7) is 4.05. The van der Waals surface area contributed by atoms with Crippen LogP contribution in [0.4, 0.5) is 0 Å². The molecule has 0 bridgehead atoms. The van der Waals surface area contributed by atoms with Crippen molar-refractivity contribution in [2.45, 2.75) is 25.8 Å².